The number of nitrogens with one attached hydrogen (secondary N) is 1. The van der Waals surface area contributed by atoms with Crippen LogP contribution in [0.1, 0.15) is 27.7 Å². The van der Waals surface area contributed by atoms with Gasteiger partial charge in [-0.2, -0.15) is 0 Å². The van der Waals surface area contributed by atoms with Crippen LogP contribution >= 0.6 is 11.8 Å². The van der Waals surface area contributed by atoms with Gasteiger partial charge in [0.2, 0.25) is 0 Å². The van der Waals surface area contributed by atoms with E-state index in [9.17, 15) is 0 Å². The molecule has 1 rings (SSSR count). The fraction of sp³-hybridized carbons (Fsp3) is 0.909. The SMILES string of the molecule is CCOCC(C)NC1=NCC(C)(C)CS1. The number of nitrogens with zero attached hydrogens (tertiary/aromatic N) is 1. The quantitative estimate of drug-likeness (QED) is 0.803. The molecule has 0 aliphatic carbocycles. The van der Waals surface area contributed by atoms with Crippen LogP contribution in [0, 0.1) is 5.41 Å². The summed E-state index contributed by atoms with van der Waals surface area (Å²) in [5.74, 6) is 1.14. The number of aliphatic imine (C=N–C) groups is 1. The van der Waals surface area contributed by atoms with Gasteiger partial charge in [-0.15, -0.1) is 0 Å². The minimum atomic E-state index is 0.345. The molecule has 0 saturated carbocycles. The van der Waals surface area contributed by atoms with Crippen LogP contribution in [-0.4, -0.2) is 36.7 Å². The second-order valence-electron chi connectivity index (χ2n) is 4.78. The van der Waals surface area contributed by atoms with Gasteiger partial charge >= 0.3 is 0 Å². The van der Waals surface area contributed by atoms with Crippen LogP contribution in [0.25, 0.3) is 0 Å². The predicted molar refractivity (Wildman–Crippen MR) is 67.6 cm³/mol. The third-order valence-electron chi connectivity index (χ3n) is 2.19. The summed E-state index contributed by atoms with van der Waals surface area (Å²) >= 11 is 1.82. The van der Waals surface area contributed by atoms with Gasteiger partial charge in [0.25, 0.3) is 0 Å². The van der Waals surface area contributed by atoms with Crippen molar-refractivity contribution in [3.63, 3.8) is 0 Å². The Morgan fingerprint density at radius 3 is 2.87 bits per heavy atom. The molecule has 0 radical (unpaired) electrons. The number of hydrogen-bond acceptors (Lipinski definition) is 4. The molecule has 0 saturated heterocycles. The molecule has 4 heteroatoms. The summed E-state index contributed by atoms with van der Waals surface area (Å²) < 4.78 is 5.35. The van der Waals surface area contributed by atoms with Crippen LogP contribution in [0.3, 0.4) is 0 Å². The third kappa shape index (κ3) is 4.89. The van der Waals surface area contributed by atoms with Crippen molar-refractivity contribution >= 4 is 16.9 Å². The van der Waals surface area contributed by atoms with Crippen molar-refractivity contribution in [1.29, 1.82) is 0 Å². The second-order valence-corrected chi connectivity index (χ2v) is 5.74. The lowest BCUT2D eigenvalue weighted by atomic mass is 9.97. The van der Waals surface area contributed by atoms with Crippen LogP contribution < -0.4 is 5.32 Å². The summed E-state index contributed by atoms with van der Waals surface area (Å²) in [6, 6.07) is 0.345. The number of rotatable bonds is 4. The molecule has 1 aliphatic rings. The zero-order valence-corrected chi connectivity index (χ0v) is 11.0. The lowest BCUT2D eigenvalue weighted by Gasteiger charge is -2.28. The van der Waals surface area contributed by atoms with Crippen molar-refractivity contribution in [2.45, 2.75) is 33.7 Å². The standard InChI is InChI=1S/C11H22N2OS/c1-5-14-6-9(2)13-10-12-7-11(3,4)8-15-10/h9H,5-8H2,1-4H3,(H,12,13). The second kappa shape index (κ2) is 5.75. The van der Waals surface area contributed by atoms with Crippen molar-refractivity contribution in [2.75, 3.05) is 25.5 Å². The number of amidine groups is 1. The van der Waals surface area contributed by atoms with Crippen LogP contribution in [0.5, 0.6) is 0 Å². The van der Waals surface area contributed by atoms with E-state index in [4.69, 9.17) is 4.74 Å². The minimum absolute atomic E-state index is 0.345. The zero-order valence-electron chi connectivity index (χ0n) is 10.2. The summed E-state index contributed by atoms with van der Waals surface area (Å²) in [4.78, 5) is 4.54. The molecule has 1 atom stereocenters. The topological polar surface area (TPSA) is 33.6 Å². The highest BCUT2D eigenvalue weighted by atomic mass is 32.2. The number of ether oxygens (including phenoxy) is 1. The molecule has 1 unspecified atom stereocenters. The first kappa shape index (κ1) is 12.8. The first-order valence-corrected chi connectivity index (χ1v) is 6.53. The molecule has 0 spiro atoms. The molecule has 1 aliphatic heterocycles. The van der Waals surface area contributed by atoms with Gasteiger partial charge in [-0.1, -0.05) is 25.6 Å². The van der Waals surface area contributed by atoms with E-state index in [1.54, 1.807) is 0 Å². The van der Waals surface area contributed by atoms with Gasteiger partial charge in [0.05, 0.1) is 6.61 Å². The van der Waals surface area contributed by atoms with Crippen molar-refractivity contribution in [2.24, 2.45) is 10.4 Å². The third-order valence-corrected chi connectivity index (χ3v) is 3.64. The van der Waals surface area contributed by atoms with E-state index in [-0.39, 0.29) is 0 Å². The van der Waals surface area contributed by atoms with Crippen LogP contribution in [0.15, 0.2) is 4.99 Å². The highest BCUT2D eigenvalue weighted by Crippen LogP contribution is 2.27. The van der Waals surface area contributed by atoms with Crippen molar-refractivity contribution < 1.29 is 4.74 Å². The summed E-state index contributed by atoms with van der Waals surface area (Å²) in [7, 11) is 0. The van der Waals surface area contributed by atoms with Gasteiger partial charge in [-0.25, -0.2) is 0 Å². The van der Waals surface area contributed by atoms with E-state index in [1.807, 2.05) is 18.7 Å². The Kier molecular flexibility index (Phi) is 4.93. The van der Waals surface area contributed by atoms with Crippen molar-refractivity contribution in [1.82, 2.24) is 5.32 Å². The Morgan fingerprint density at radius 2 is 2.33 bits per heavy atom. The maximum absolute atomic E-state index is 5.35. The first-order valence-electron chi connectivity index (χ1n) is 5.55. The summed E-state index contributed by atoms with van der Waals surface area (Å²) in [5, 5.41) is 4.45. The molecule has 88 valence electrons. The normalized spacial score (nSPS) is 22.0. The summed E-state index contributed by atoms with van der Waals surface area (Å²) in [5.41, 5.74) is 0.346. The minimum Gasteiger partial charge on any atom is -0.380 e. The summed E-state index contributed by atoms with van der Waals surface area (Å²) in [6.45, 7) is 11.1. The van der Waals surface area contributed by atoms with Gasteiger partial charge in [-0.05, 0) is 19.3 Å². The van der Waals surface area contributed by atoms with Crippen LogP contribution in [0.4, 0.5) is 0 Å². The maximum atomic E-state index is 5.35. The fourth-order valence-corrected chi connectivity index (χ4v) is 2.33. The predicted octanol–water partition coefficient (Wildman–Crippen LogP) is 2.13. The van der Waals surface area contributed by atoms with Crippen LogP contribution in [-0.2, 0) is 4.74 Å². The monoisotopic (exact) mass is 230 g/mol. The lowest BCUT2D eigenvalue weighted by Crippen LogP contribution is -2.38. The molecule has 1 N–H and O–H groups in total. The van der Waals surface area contributed by atoms with E-state index in [1.165, 1.54) is 0 Å². The van der Waals surface area contributed by atoms with Gasteiger partial charge < -0.3 is 10.1 Å². The van der Waals surface area contributed by atoms with Crippen LogP contribution in [0.2, 0.25) is 0 Å². The summed E-state index contributed by atoms with van der Waals surface area (Å²) in [6.07, 6.45) is 0. The number of hydrogen-bond donors (Lipinski definition) is 1. The highest BCUT2D eigenvalue weighted by Gasteiger charge is 2.23. The molecular weight excluding hydrogens is 208 g/mol. The average molecular weight is 230 g/mol. The molecule has 0 bridgehead atoms. The van der Waals surface area contributed by atoms with E-state index >= 15 is 0 Å². The molecule has 0 aromatic heterocycles. The fourth-order valence-electron chi connectivity index (χ4n) is 1.28. The Morgan fingerprint density at radius 1 is 1.60 bits per heavy atom. The number of thioether (sulfide) groups is 1. The van der Waals surface area contributed by atoms with E-state index in [0.29, 0.717) is 11.5 Å². The molecule has 1 heterocycles. The Hall–Kier alpha value is -0.220. The Labute approximate surface area is 97.1 Å². The van der Waals surface area contributed by atoms with E-state index < -0.39 is 0 Å². The smallest absolute Gasteiger partial charge is 0.156 e. The first-order chi connectivity index (χ1) is 7.03. The van der Waals surface area contributed by atoms with Crippen molar-refractivity contribution in [3.8, 4) is 0 Å². The largest absolute Gasteiger partial charge is 0.380 e. The molecule has 15 heavy (non-hydrogen) atoms. The van der Waals surface area contributed by atoms with Gasteiger partial charge in [0.15, 0.2) is 5.17 Å². The van der Waals surface area contributed by atoms with Gasteiger partial charge in [0, 0.05) is 24.9 Å². The zero-order chi connectivity index (χ0) is 11.3. The maximum Gasteiger partial charge on any atom is 0.156 e. The molecule has 0 amide bonds. The average Bonchev–Trinajstić information content (AvgIpc) is 2.18. The van der Waals surface area contributed by atoms with Gasteiger partial charge in [-0.3, -0.25) is 4.99 Å². The lowest BCUT2D eigenvalue weighted by molar-refractivity contribution is 0.133. The van der Waals surface area contributed by atoms with Crippen molar-refractivity contribution in [3.05, 3.63) is 0 Å². The molecule has 0 aromatic carbocycles. The molecule has 0 aromatic rings. The van der Waals surface area contributed by atoms with E-state index in [2.05, 4.69) is 31.1 Å². The van der Waals surface area contributed by atoms with E-state index in [0.717, 1.165) is 30.7 Å². The highest BCUT2D eigenvalue weighted by molar-refractivity contribution is 8.13. The Bertz CT molecular complexity index is 229. The molecular formula is C11H22N2OS. The molecule has 3 nitrogen and oxygen atoms in total. The van der Waals surface area contributed by atoms with Gasteiger partial charge in [0.1, 0.15) is 0 Å². The molecule has 0 fully saturated rings. The Balaban J connectivity index is 2.30.